The molecule has 2 N–H and O–H groups in total. The summed E-state index contributed by atoms with van der Waals surface area (Å²) >= 11 is 1.01. The number of halogens is 3. The first-order chi connectivity index (χ1) is 8.37. The van der Waals surface area contributed by atoms with Crippen LogP contribution in [0.3, 0.4) is 0 Å². The summed E-state index contributed by atoms with van der Waals surface area (Å²) in [7, 11) is 0. The van der Waals surface area contributed by atoms with Crippen LogP contribution in [0.25, 0.3) is 0 Å². The number of nitrogens with zero attached hydrogens (tertiary/aromatic N) is 1. The van der Waals surface area contributed by atoms with E-state index in [2.05, 4.69) is 4.98 Å². The second kappa shape index (κ2) is 4.79. The van der Waals surface area contributed by atoms with Gasteiger partial charge in [0.2, 0.25) is 0 Å². The van der Waals surface area contributed by atoms with E-state index in [1.165, 1.54) is 0 Å². The van der Waals surface area contributed by atoms with Gasteiger partial charge in [-0.1, -0.05) is 0 Å². The van der Waals surface area contributed by atoms with Crippen LogP contribution in [0.5, 0.6) is 0 Å². The zero-order chi connectivity index (χ0) is 13.4. The molecule has 102 valence electrons. The van der Waals surface area contributed by atoms with Gasteiger partial charge in [0, 0.05) is 13.2 Å². The van der Waals surface area contributed by atoms with Gasteiger partial charge in [0.15, 0.2) is 5.69 Å². The number of hydrogen-bond donors (Lipinski definition) is 1. The Morgan fingerprint density at radius 2 is 2.17 bits per heavy atom. The molecule has 0 saturated carbocycles. The molecule has 0 radical (unpaired) electrons. The van der Waals surface area contributed by atoms with Gasteiger partial charge in [-0.15, -0.1) is 11.3 Å². The molecular formula is C11H15F3N2OS. The molecule has 1 saturated heterocycles. The maximum atomic E-state index is 12.8. The Morgan fingerprint density at radius 1 is 1.44 bits per heavy atom. The number of rotatable bonds is 2. The molecule has 0 spiro atoms. The van der Waals surface area contributed by atoms with Gasteiger partial charge in [-0.2, -0.15) is 13.2 Å². The lowest BCUT2D eigenvalue weighted by Gasteiger charge is -2.31. The molecule has 1 aliphatic heterocycles. The molecule has 18 heavy (non-hydrogen) atoms. The molecule has 2 rings (SSSR count). The first kappa shape index (κ1) is 13.8. The summed E-state index contributed by atoms with van der Waals surface area (Å²) in [6.07, 6.45) is -1.87. The lowest BCUT2D eigenvalue weighted by Crippen LogP contribution is -2.30. The van der Waals surface area contributed by atoms with Gasteiger partial charge in [-0.3, -0.25) is 0 Å². The summed E-state index contributed by atoms with van der Waals surface area (Å²) in [5, 5.41) is 0.384. The van der Waals surface area contributed by atoms with Crippen molar-refractivity contribution in [2.24, 2.45) is 5.73 Å². The monoisotopic (exact) mass is 280 g/mol. The minimum absolute atomic E-state index is 0.0768. The second-order valence-electron chi connectivity index (χ2n) is 4.53. The van der Waals surface area contributed by atoms with Gasteiger partial charge >= 0.3 is 6.18 Å². The molecule has 1 atom stereocenters. The van der Waals surface area contributed by atoms with Crippen LogP contribution in [0.1, 0.15) is 41.8 Å². The molecule has 0 aliphatic carbocycles. The quantitative estimate of drug-likeness (QED) is 0.905. The van der Waals surface area contributed by atoms with Crippen molar-refractivity contribution in [3.63, 3.8) is 0 Å². The Morgan fingerprint density at radius 3 is 2.61 bits per heavy atom. The highest BCUT2D eigenvalue weighted by atomic mass is 32.1. The number of ether oxygens (including phenoxy) is 1. The summed E-state index contributed by atoms with van der Waals surface area (Å²) in [4.78, 5) is 3.81. The fraction of sp³-hybridized carbons (Fsp3) is 0.727. The fourth-order valence-corrected chi connectivity index (χ4v) is 3.13. The normalized spacial score (nSPS) is 25.4. The van der Waals surface area contributed by atoms with Crippen molar-refractivity contribution in [3.8, 4) is 0 Å². The topological polar surface area (TPSA) is 48.1 Å². The zero-order valence-electron chi connectivity index (χ0n) is 10.0. The van der Waals surface area contributed by atoms with E-state index in [1.54, 1.807) is 6.92 Å². The number of alkyl halides is 3. The second-order valence-corrected chi connectivity index (χ2v) is 5.61. The smallest absolute Gasteiger partial charge is 0.368 e. The van der Waals surface area contributed by atoms with Crippen molar-refractivity contribution in [1.29, 1.82) is 0 Å². The Labute approximate surface area is 107 Å². The van der Waals surface area contributed by atoms with E-state index in [-0.39, 0.29) is 11.4 Å². The Hall–Kier alpha value is -0.660. The summed E-state index contributed by atoms with van der Waals surface area (Å²) in [6, 6.07) is 0. The maximum Gasteiger partial charge on any atom is 0.434 e. The van der Waals surface area contributed by atoms with E-state index < -0.39 is 17.5 Å². The Kier molecular flexibility index (Phi) is 3.66. The van der Waals surface area contributed by atoms with Gasteiger partial charge < -0.3 is 10.5 Å². The van der Waals surface area contributed by atoms with Crippen LogP contribution in [-0.4, -0.2) is 11.6 Å². The highest BCUT2D eigenvalue weighted by molar-refractivity contribution is 7.11. The lowest BCUT2D eigenvalue weighted by molar-refractivity contribution is -0.141. The summed E-state index contributed by atoms with van der Waals surface area (Å²) in [6.45, 7) is 2.21. The van der Waals surface area contributed by atoms with Crippen molar-refractivity contribution < 1.29 is 17.9 Å². The molecule has 0 amide bonds. The standard InChI is InChI=1S/C11H15F3N2OS/c1-10(4-2-3-5-17-10)9-16-8(11(12,13)14)7(6-15)18-9/h2-6,15H2,1H3. The first-order valence-corrected chi connectivity index (χ1v) is 6.60. The summed E-state index contributed by atoms with van der Waals surface area (Å²) in [5.74, 6) is 0. The molecule has 2 heterocycles. The van der Waals surface area contributed by atoms with Gasteiger partial charge in [0.25, 0.3) is 0 Å². The number of nitrogens with two attached hydrogens (primary N) is 1. The summed E-state index contributed by atoms with van der Waals surface area (Å²) in [5.41, 5.74) is 3.80. The molecular weight excluding hydrogens is 265 g/mol. The molecule has 3 nitrogen and oxygen atoms in total. The highest BCUT2D eigenvalue weighted by Gasteiger charge is 2.41. The number of aromatic nitrogens is 1. The van der Waals surface area contributed by atoms with E-state index in [4.69, 9.17) is 10.5 Å². The largest absolute Gasteiger partial charge is 0.434 e. The zero-order valence-corrected chi connectivity index (χ0v) is 10.8. The Balaban J connectivity index is 2.37. The van der Waals surface area contributed by atoms with E-state index >= 15 is 0 Å². The van der Waals surface area contributed by atoms with Crippen LogP contribution in [0, 0.1) is 0 Å². The van der Waals surface area contributed by atoms with E-state index in [0.717, 1.165) is 24.2 Å². The average Bonchev–Trinajstić information content (AvgIpc) is 2.74. The molecule has 1 aromatic rings. The predicted molar refractivity (Wildman–Crippen MR) is 62.2 cm³/mol. The SMILES string of the molecule is CC1(c2nc(C(F)(F)F)c(CN)s2)CCCCO1. The van der Waals surface area contributed by atoms with Crippen LogP contribution in [0.2, 0.25) is 0 Å². The molecule has 0 aromatic carbocycles. The van der Waals surface area contributed by atoms with Crippen molar-refractivity contribution in [1.82, 2.24) is 4.98 Å². The minimum Gasteiger partial charge on any atom is -0.368 e. The fourth-order valence-electron chi connectivity index (χ4n) is 2.04. The first-order valence-electron chi connectivity index (χ1n) is 5.78. The van der Waals surface area contributed by atoms with Crippen molar-refractivity contribution >= 4 is 11.3 Å². The molecule has 1 unspecified atom stereocenters. The van der Waals surface area contributed by atoms with Crippen LogP contribution in [0.4, 0.5) is 13.2 Å². The molecule has 1 fully saturated rings. The molecule has 1 aromatic heterocycles. The maximum absolute atomic E-state index is 12.8. The number of hydrogen-bond acceptors (Lipinski definition) is 4. The molecule has 0 bridgehead atoms. The lowest BCUT2D eigenvalue weighted by atomic mass is 9.97. The van der Waals surface area contributed by atoms with Crippen LogP contribution in [-0.2, 0) is 23.1 Å². The van der Waals surface area contributed by atoms with Crippen LogP contribution >= 0.6 is 11.3 Å². The van der Waals surface area contributed by atoms with Gasteiger partial charge in [-0.05, 0) is 26.2 Å². The minimum atomic E-state index is -4.45. The molecule has 7 heteroatoms. The van der Waals surface area contributed by atoms with Crippen molar-refractivity contribution in [2.75, 3.05) is 6.61 Å². The van der Waals surface area contributed by atoms with Gasteiger partial charge in [0.1, 0.15) is 10.6 Å². The highest BCUT2D eigenvalue weighted by Crippen LogP contribution is 2.41. The van der Waals surface area contributed by atoms with Crippen molar-refractivity contribution in [2.45, 2.75) is 44.5 Å². The third kappa shape index (κ3) is 2.53. The van der Waals surface area contributed by atoms with E-state index in [0.29, 0.717) is 18.0 Å². The summed E-state index contributed by atoms with van der Waals surface area (Å²) < 4.78 is 44.0. The third-order valence-corrected chi connectivity index (χ3v) is 4.40. The van der Waals surface area contributed by atoms with Crippen LogP contribution < -0.4 is 5.73 Å². The van der Waals surface area contributed by atoms with Gasteiger partial charge in [-0.25, -0.2) is 4.98 Å². The predicted octanol–water partition coefficient (Wildman–Crippen LogP) is 3.04. The van der Waals surface area contributed by atoms with Crippen molar-refractivity contribution in [3.05, 3.63) is 15.6 Å². The molecule has 1 aliphatic rings. The van der Waals surface area contributed by atoms with Gasteiger partial charge in [0.05, 0.1) is 4.88 Å². The number of thiazole rings is 1. The van der Waals surface area contributed by atoms with E-state index in [1.807, 2.05) is 0 Å². The van der Waals surface area contributed by atoms with Crippen LogP contribution in [0.15, 0.2) is 0 Å². The Bertz CT molecular complexity index is 424. The third-order valence-electron chi connectivity index (χ3n) is 3.07. The van der Waals surface area contributed by atoms with E-state index in [9.17, 15) is 13.2 Å². The average molecular weight is 280 g/mol.